The van der Waals surface area contributed by atoms with Crippen molar-refractivity contribution < 1.29 is 9.59 Å². The normalized spacial score (nSPS) is 13.2. The third-order valence-corrected chi connectivity index (χ3v) is 5.51. The van der Waals surface area contributed by atoms with E-state index in [1.165, 1.54) is 4.88 Å². The molecule has 0 saturated carbocycles. The standard InChI is InChI=1S/C19H23N3O2S/c1-2-6-16(23)22-19-17(14-8-3-4-9-15(14)25-19)18(24)21-12-13-7-5-10-20-11-13/h5,7,10-11H,2-4,6,8-9,12H2,1H3,(H,21,24)(H,22,23). The summed E-state index contributed by atoms with van der Waals surface area (Å²) in [5, 5.41) is 6.63. The van der Waals surface area contributed by atoms with E-state index in [0.29, 0.717) is 23.5 Å². The van der Waals surface area contributed by atoms with Crippen molar-refractivity contribution in [2.75, 3.05) is 5.32 Å². The Hall–Kier alpha value is -2.21. The Labute approximate surface area is 151 Å². The van der Waals surface area contributed by atoms with Gasteiger partial charge in [-0.05, 0) is 49.3 Å². The summed E-state index contributed by atoms with van der Waals surface area (Å²) < 4.78 is 0. The van der Waals surface area contributed by atoms with E-state index in [0.717, 1.165) is 43.2 Å². The fourth-order valence-corrected chi connectivity index (χ4v) is 4.39. The summed E-state index contributed by atoms with van der Waals surface area (Å²) in [6.07, 6.45) is 8.85. The summed E-state index contributed by atoms with van der Waals surface area (Å²) in [4.78, 5) is 30.2. The van der Waals surface area contributed by atoms with Gasteiger partial charge >= 0.3 is 0 Å². The van der Waals surface area contributed by atoms with Crippen LogP contribution in [0.15, 0.2) is 24.5 Å². The zero-order chi connectivity index (χ0) is 17.6. The number of pyridine rings is 1. The molecule has 6 heteroatoms. The first kappa shape index (κ1) is 17.6. The van der Waals surface area contributed by atoms with E-state index in [4.69, 9.17) is 0 Å². The lowest BCUT2D eigenvalue weighted by Crippen LogP contribution is -2.25. The lowest BCUT2D eigenvalue weighted by Gasteiger charge is -2.13. The van der Waals surface area contributed by atoms with Crippen molar-refractivity contribution >= 4 is 28.2 Å². The number of aryl methyl sites for hydroxylation is 1. The molecule has 2 heterocycles. The van der Waals surface area contributed by atoms with E-state index >= 15 is 0 Å². The number of nitrogens with one attached hydrogen (secondary N) is 2. The van der Waals surface area contributed by atoms with Crippen LogP contribution < -0.4 is 10.6 Å². The number of fused-ring (bicyclic) bond motifs is 1. The molecule has 0 bridgehead atoms. The van der Waals surface area contributed by atoms with Gasteiger partial charge in [0.1, 0.15) is 5.00 Å². The first-order valence-corrected chi connectivity index (χ1v) is 9.62. The second-order valence-electron chi connectivity index (χ2n) is 6.26. The molecule has 0 unspecified atom stereocenters. The van der Waals surface area contributed by atoms with Crippen molar-refractivity contribution in [3.8, 4) is 0 Å². The Morgan fingerprint density at radius 3 is 2.88 bits per heavy atom. The highest BCUT2D eigenvalue weighted by Gasteiger charge is 2.26. The van der Waals surface area contributed by atoms with Crippen LogP contribution in [0.25, 0.3) is 0 Å². The second-order valence-corrected chi connectivity index (χ2v) is 7.36. The number of hydrogen-bond donors (Lipinski definition) is 2. The van der Waals surface area contributed by atoms with Gasteiger partial charge in [0.2, 0.25) is 5.91 Å². The third kappa shape index (κ3) is 4.25. The molecule has 0 atom stereocenters. The summed E-state index contributed by atoms with van der Waals surface area (Å²) in [6, 6.07) is 3.78. The average molecular weight is 357 g/mol. The van der Waals surface area contributed by atoms with Gasteiger partial charge in [0.25, 0.3) is 5.91 Å². The summed E-state index contributed by atoms with van der Waals surface area (Å²) >= 11 is 1.56. The van der Waals surface area contributed by atoms with Gasteiger partial charge < -0.3 is 10.6 Å². The molecule has 2 aromatic heterocycles. The van der Waals surface area contributed by atoms with Gasteiger partial charge in [0, 0.05) is 30.2 Å². The minimum absolute atomic E-state index is 0.0255. The molecule has 5 nitrogen and oxygen atoms in total. The summed E-state index contributed by atoms with van der Waals surface area (Å²) in [7, 11) is 0. The second kappa shape index (κ2) is 8.25. The van der Waals surface area contributed by atoms with Crippen LogP contribution in [0.4, 0.5) is 5.00 Å². The van der Waals surface area contributed by atoms with E-state index in [2.05, 4.69) is 15.6 Å². The fraction of sp³-hybridized carbons (Fsp3) is 0.421. The Morgan fingerprint density at radius 1 is 1.28 bits per heavy atom. The topological polar surface area (TPSA) is 71.1 Å². The number of anilines is 1. The number of carbonyl (C=O) groups is 2. The maximum Gasteiger partial charge on any atom is 0.254 e. The van der Waals surface area contributed by atoms with Gasteiger partial charge in [0.15, 0.2) is 0 Å². The first-order chi connectivity index (χ1) is 12.2. The van der Waals surface area contributed by atoms with E-state index in [1.54, 1.807) is 23.7 Å². The molecule has 2 amide bonds. The molecule has 1 aliphatic rings. The number of hydrogen-bond acceptors (Lipinski definition) is 4. The van der Waals surface area contributed by atoms with E-state index in [1.807, 2.05) is 19.1 Å². The van der Waals surface area contributed by atoms with Gasteiger partial charge in [-0.1, -0.05) is 13.0 Å². The molecular weight excluding hydrogens is 334 g/mol. The minimum Gasteiger partial charge on any atom is -0.348 e. The number of thiophene rings is 1. The monoisotopic (exact) mass is 357 g/mol. The van der Waals surface area contributed by atoms with Crippen LogP contribution in [0.3, 0.4) is 0 Å². The maximum absolute atomic E-state index is 12.8. The summed E-state index contributed by atoms with van der Waals surface area (Å²) in [6.45, 7) is 2.40. The van der Waals surface area contributed by atoms with Crippen LogP contribution in [-0.2, 0) is 24.2 Å². The van der Waals surface area contributed by atoms with Gasteiger partial charge in [0.05, 0.1) is 5.56 Å². The Balaban J connectivity index is 1.81. The zero-order valence-electron chi connectivity index (χ0n) is 14.4. The quantitative estimate of drug-likeness (QED) is 0.828. The van der Waals surface area contributed by atoms with Crippen molar-refractivity contribution in [2.45, 2.75) is 52.0 Å². The van der Waals surface area contributed by atoms with Crippen LogP contribution in [-0.4, -0.2) is 16.8 Å². The molecule has 3 rings (SSSR count). The lowest BCUT2D eigenvalue weighted by molar-refractivity contribution is -0.116. The number of carbonyl (C=O) groups excluding carboxylic acids is 2. The van der Waals surface area contributed by atoms with E-state index < -0.39 is 0 Å². The van der Waals surface area contributed by atoms with Crippen LogP contribution in [0.5, 0.6) is 0 Å². The van der Waals surface area contributed by atoms with Crippen molar-refractivity contribution in [3.05, 3.63) is 46.1 Å². The Morgan fingerprint density at radius 2 is 2.12 bits per heavy atom. The molecule has 0 saturated heterocycles. The van der Waals surface area contributed by atoms with E-state index in [9.17, 15) is 9.59 Å². The molecule has 2 aromatic rings. The highest BCUT2D eigenvalue weighted by molar-refractivity contribution is 7.17. The highest BCUT2D eigenvalue weighted by Crippen LogP contribution is 2.38. The summed E-state index contributed by atoms with van der Waals surface area (Å²) in [5.41, 5.74) is 2.73. The number of amides is 2. The SMILES string of the molecule is CCCC(=O)Nc1sc2c(c1C(=O)NCc1cccnc1)CCCC2. The minimum atomic E-state index is -0.116. The Bertz CT molecular complexity index is 756. The number of nitrogens with zero attached hydrogens (tertiary/aromatic N) is 1. The van der Waals surface area contributed by atoms with Crippen molar-refractivity contribution in [2.24, 2.45) is 0 Å². The van der Waals surface area contributed by atoms with Crippen LogP contribution in [0.1, 0.15) is 59.0 Å². The molecular formula is C19H23N3O2S. The van der Waals surface area contributed by atoms with Gasteiger partial charge in [-0.25, -0.2) is 0 Å². The average Bonchev–Trinajstić information content (AvgIpc) is 2.98. The fourth-order valence-electron chi connectivity index (χ4n) is 3.08. The van der Waals surface area contributed by atoms with Crippen LogP contribution >= 0.6 is 11.3 Å². The third-order valence-electron chi connectivity index (χ3n) is 4.30. The zero-order valence-corrected chi connectivity index (χ0v) is 15.2. The summed E-state index contributed by atoms with van der Waals surface area (Å²) in [5.74, 6) is -0.141. The number of rotatable bonds is 6. The first-order valence-electron chi connectivity index (χ1n) is 8.80. The lowest BCUT2D eigenvalue weighted by atomic mass is 9.95. The van der Waals surface area contributed by atoms with Crippen molar-refractivity contribution in [3.63, 3.8) is 0 Å². The molecule has 25 heavy (non-hydrogen) atoms. The predicted octanol–water partition coefficient (Wildman–Crippen LogP) is 3.69. The largest absolute Gasteiger partial charge is 0.348 e. The molecule has 132 valence electrons. The van der Waals surface area contributed by atoms with Gasteiger partial charge in [-0.15, -0.1) is 11.3 Å². The number of aromatic nitrogens is 1. The van der Waals surface area contributed by atoms with Crippen LogP contribution in [0.2, 0.25) is 0 Å². The van der Waals surface area contributed by atoms with Crippen molar-refractivity contribution in [1.82, 2.24) is 10.3 Å². The van der Waals surface area contributed by atoms with Gasteiger partial charge in [-0.2, -0.15) is 0 Å². The molecule has 0 aliphatic heterocycles. The smallest absolute Gasteiger partial charge is 0.254 e. The molecule has 0 radical (unpaired) electrons. The Kier molecular flexibility index (Phi) is 5.81. The molecule has 0 aromatic carbocycles. The van der Waals surface area contributed by atoms with Gasteiger partial charge in [-0.3, -0.25) is 14.6 Å². The van der Waals surface area contributed by atoms with Crippen LogP contribution in [0, 0.1) is 0 Å². The molecule has 0 spiro atoms. The van der Waals surface area contributed by atoms with Crippen molar-refractivity contribution in [1.29, 1.82) is 0 Å². The molecule has 0 fully saturated rings. The van der Waals surface area contributed by atoms with E-state index in [-0.39, 0.29) is 11.8 Å². The predicted molar refractivity (Wildman–Crippen MR) is 99.9 cm³/mol. The maximum atomic E-state index is 12.8. The molecule has 2 N–H and O–H groups in total. The molecule has 1 aliphatic carbocycles. The highest BCUT2D eigenvalue weighted by atomic mass is 32.1.